The fraction of sp³-hybridized carbons (Fsp3) is 0.120. The second-order valence-corrected chi connectivity index (χ2v) is 7.81. The van der Waals surface area contributed by atoms with E-state index in [-0.39, 0.29) is 17.4 Å². The summed E-state index contributed by atoms with van der Waals surface area (Å²) in [5.41, 5.74) is 1.55. The van der Waals surface area contributed by atoms with E-state index in [2.05, 4.69) is 26.5 Å². The number of hydrogen-bond acceptors (Lipinski definition) is 6. The van der Waals surface area contributed by atoms with Crippen molar-refractivity contribution in [3.8, 4) is 17.4 Å². The maximum Gasteiger partial charge on any atom is 0.417 e. The highest BCUT2D eigenvalue weighted by Gasteiger charge is 2.33. The summed E-state index contributed by atoms with van der Waals surface area (Å²) in [6, 6.07) is 11.8. The van der Waals surface area contributed by atoms with E-state index in [9.17, 15) is 13.2 Å². The van der Waals surface area contributed by atoms with Gasteiger partial charge in [0, 0.05) is 37.3 Å². The molecule has 0 spiro atoms. The van der Waals surface area contributed by atoms with Crippen LogP contribution in [0, 0.1) is 0 Å². The van der Waals surface area contributed by atoms with Gasteiger partial charge in [0.1, 0.15) is 24.4 Å². The first-order chi connectivity index (χ1) is 17.2. The van der Waals surface area contributed by atoms with E-state index in [0.29, 0.717) is 22.9 Å². The van der Waals surface area contributed by atoms with Crippen LogP contribution in [0.2, 0.25) is 5.02 Å². The van der Waals surface area contributed by atoms with Gasteiger partial charge in [-0.05, 0) is 35.9 Å². The summed E-state index contributed by atoms with van der Waals surface area (Å²) in [5, 5.41) is -0.389. The number of halogens is 4. The molecule has 36 heavy (non-hydrogen) atoms. The van der Waals surface area contributed by atoms with Gasteiger partial charge in [0.15, 0.2) is 0 Å². The van der Waals surface area contributed by atoms with Crippen LogP contribution in [-0.4, -0.2) is 26.6 Å². The van der Waals surface area contributed by atoms with Crippen molar-refractivity contribution in [2.24, 2.45) is 4.99 Å². The van der Waals surface area contributed by atoms with E-state index < -0.39 is 11.7 Å². The van der Waals surface area contributed by atoms with Crippen molar-refractivity contribution in [2.45, 2.75) is 12.8 Å². The molecule has 7 nitrogen and oxygen atoms in total. The quantitative estimate of drug-likeness (QED) is 0.314. The lowest BCUT2D eigenvalue weighted by atomic mass is 10.2. The highest BCUT2D eigenvalue weighted by Crippen LogP contribution is 2.37. The Balaban J connectivity index is 1.42. The van der Waals surface area contributed by atoms with Gasteiger partial charge < -0.3 is 9.47 Å². The van der Waals surface area contributed by atoms with Gasteiger partial charge in [-0.15, -0.1) is 0 Å². The molecule has 0 saturated heterocycles. The van der Waals surface area contributed by atoms with Gasteiger partial charge in [-0.1, -0.05) is 30.3 Å². The van der Waals surface area contributed by atoms with Gasteiger partial charge in [0.2, 0.25) is 11.5 Å². The second-order valence-electron chi connectivity index (χ2n) is 7.41. The van der Waals surface area contributed by atoms with Crippen molar-refractivity contribution < 1.29 is 22.6 Å². The maximum absolute atomic E-state index is 13.1. The van der Waals surface area contributed by atoms with Gasteiger partial charge in [0.05, 0.1) is 16.3 Å². The topological polar surface area (TPSA) is 74.4 Å². The summed E-state index contributed by atoms with van der Waals surface area (Å²) < 4.78 is 52.2. The largest absolute Gasteiger partial charge is 0.473 e. The minimum absolute atomic E-state index is 0.0250. The lowest BCUT2D eigenvalue weighted by Crippen LogP contribution is -2.24. The molecule has 0 unspecified atom stereocenters. The van der Waals surface area contributed by atoms with Crippen LogP contribution in [0.3, 0.4) is 0 Å². The maximum atomic E-state index is 13.1. The number of rotatable bonds is 7. The zero-order valence-electron chi connectivity index (χ0n) is 18.9. The molecule has 0 radical (unpaired) electrons. The van der Waals surface area contributed by atoms with Crippen molar-refractivity contribution in [1.29, 1.82) is 0 Å². The van der Waals surface area contributed by atoms with E-state index in [1.54, 1.807) is 60.5 Å². The summed E-state index contributed by atoms with van der Waals surface area (Å²) in [4.78, 5) is 16.6. The van der Waals surface area contributed by atoms with E-state index >= 15 is 0 Å². The van der Waals surface area contributed by atoms with Crippen molar-refractivity contribution in [2.75, 3.05) is 7.05 Å². The molecule has 0 fully saturated rings. The van der Waals surface area contributed by atoms with Gasteiger partial charge in [0.25, 0.3) is 0 Å². The SMILES string of the molecule is C=C(c1cncnc1)n1ccc(OCc2ccc(Oc3ccc(Cl)c(C(F)(F)F)c3)cc2)nc1=NC. The molecule has 0 atom stereocenters. The van der Waals surface area contributed by atoms with Crippen LogP contribution in [-0.2, 0) is 12.8 Å². The lowest BCUT2D eigenvalue weighted by molar-refractivity contribution is -0.137. The third-order valence-corrected chi connectivity index (χ3v) is 5.30. The molecule has 4 rings (SSSR count). The Morgan fingerprint density at radius 3 is 2.42 bits per heavy atom. The molecular formula is C25H19ClF3N5O2. The van der Waals surface area contributed by atoms with Crippen LogP contribution in [0.25, 0.3) is 5.70 Å². The number of alkyl halides is 3. The average molecular weight is 514 g/mol. The lowest BCUT2D eigenvalue weighted by Gasteiger charge is -2.13. The Bertz CT molecular complexity index is 1440. The number of ether oxygens (including phenoxy) is 2. The summed E-state index contributed by atoms with van der Waals surface area (Å²) in [6.07, 6.45) is 1.88. The zero-order valence-corrected chi connectivity index (χ0v) is 19.7. The van der Waals surface area contributed by atoms with Crippen molar-refractivity contribution in [1.82, 2.24) is 19.5 Å². The van der Waals surface area contributed by atoms with Crippen LogP contribution < -0.4 is 15.1 Å². The molecule has 0 aliphatic rings. The normalized spacial score (nSPS) is 11.9. The Morgan fingerprint density at radius 1 is 1.06 bits per heavy atom. The van der Waals surface area contributed by atoms with Crippen LogP contribution in [0.4, 0.5) is 13.2 Å². The summed E-state index contributed by atoms with van der Waals surface area (Å²) in [5.74, 6) is 0.741. The van der Waals surface area contributed by atoms with Gasteiger partial charge in [-0.25, -0.2) is 9.97 Å². The molecule has 2 aromatic carbocycles. The van der Waals surface area contributed by atoms with E-state index in [1.807, 2.05) is 0 Å². The fourth-order valence-electron chi connectivity index (χ4n) is 3.16. The van der Waals surface area contributed by atoms with Gasteiger partial charge in [-0.3, -0.25) is 9.56 Å². The third-order valence-electron chi connectivity index (χ3n) is 4.97. The highest BCUT2D eigenvalue weighted by molar-refractivity contribution is 6.31. The number of benzene rings is 2. The summed E-state index contributed by atoms with van der Waals surface area (Å²) in [7, 11) is 1.61. The molecule has 11 heteroatoms. The number of aromatic nitrogens is 4. The van der Waals surface area contributed by atoms with E-state index in [1.165, 1.54) is 12.4 Å². The molecule has 0 N–H and O–H groups in total. The molecule has 0 saturated carbocycles. The van der Waals surface area contributed by atoms with Gasteiger partial charge in [-0.2, -0.15) is 18.2 Å². The van der Waals surface area contributed by atoms with Gasteiger partial charge >= 0.3 is 6.18 Å². The van der Waals surface area contributed by atoms with Crippen LogP contribution in [0.1, 0.15) is 16.7 Å². The first-order valence-corrected chi connectivity index (χ1v) is 10.9. The number of hydrogen-bond donors (Lipinski definition) is 0. The third kappa shape index (κ3) is 5.89. The molecule has 0 bridgehead atoms. The summed E-state index contributed by atoms with van der Waals surface area (Å²) in [6.45, 7) is 4.26. The van der Waals surface area contributed by atoms with E-state index in [0.717, 1.165) is 23.3 Å². The Morgan fingerprint density at radius 2 is 1.75 bits per heavy atom. The van der Waals surface area contributed by atoms with Crippen LogP contribution >= 0.6 is 11.6 Å². The van der Waals surface area contributed by atoms with E-state index in [4.69, 9.17) is 21.1 Å². The van der Waals surface area contributed by atoms with Crippen molar-refractivity contribution in [3.63, 3.8) is 0 Å². The minimum Gasteiger partial charge on any atom is -0.473 e. The van der Waals surface area contributed by atoms with Crippen LogP contribution in [0.5, 0.6) is 17.4 Å². The smallest absolute Gasteiger partial charge is 0.417 e. The van der Waals surface area contributed by atoms with Crippen molar-refractivity contribution in [3.05, 3.63) is 107 Å². The minimum atomic E-state index is -4.57. The number of nitrogens with zero attached hydrogens (tertiary/aromatic N) is 5. The molecule has 4 aromatic rings. The van der Waals surface area contributed by atoms with Crippen molar-refractivity contribution >= 4 is 17.3 Å². The molecule has 0 aliphatic carbocycles. The molecule has 2 aromatic heterocycles. The fourth-order valence-corrected chi connectivity index (χ4v) is 3.39. The predicted octanol–water partition coefficient (Wildman–Crippen LogP) is 5.77. The first kappa shape index (κ1) is 24.9. The molecule has 184 valence electrons. The summed E-state index contributed by atoms with van der Waals surface area (Å²) >= 11 is 5.65. The Kier molecular flexibility index (Phi) is 7.35. The molecular weight excluding hydrogens is 495 g/mol. The highest BCUT2D eigenvalue weighted by atomic mass is 35.5. The standard InChI is InChI=1S/C25H19ClF3N5O2/c1-16(18-12-31-15-32-13-18)34-10-9-23(33-24(34)30-2)35-14-17-3-5-19(6-4-17)36-20-7-8-22(26)21(11-20)25(27,28)29/h3-13,15H,1,14H2,2H3. The molecule has 2 heterocycles. The Labute approximate surface area is 209 Å². The average Bonchev–Trinajstić information content (AvgIpc) is 2.88. The first-order valence-electron chi connectivity index (χ1n) is 10.5. The predicted molar refractivity (Wildman–Crippen MR) is 127 cm³/mol. The molecule has 0 aliphatic heterocycles. The second kappa shape index (κ2) is 10.6. The molecule has 0 amide bonds. The monoisotopic (exact) mass is 513 g/mol. The Hall–Kier alpha value is -4.18. The zero-order chi connectivity index (χ0) is 25.7. The van der Waals surface area contributed by atoms with Crippen LogP contribution in [0.15, 0.2) is 85.0 Å².